The molecule has 0 bridgehead atoms. The first kappa shape index (κ1) is 33.5. The largest absolute Gasteiger partial charge is 0.477 e. The fourth-order valence-corrected chi connectivity index (χ4v) is 4.50. The molecule has 14 nitrogen and oxygen atoms in total. The van der Waals surface area contributed by atoms with Crippen LogP contribution in [0.25, 0.3) is 11.3 Å². The number of carbonyl (C=O) groups is 5. The number of hydrogen-bond acceptors (Lipinski definition) is 12. The fraction of sp³-hybridized carbons (Fsp3) is 0.444. The third kappa shape index (κ3) is 8.32. The lowest BCUT2D eigenvalue weighted by Crippen LogP contribution is -2.60. The van der Waals surface area contributed by atoms with Crippen LogP contribution < -0.4 is 5.32 Å². The number of alkyl halides is 3. The number of ether oxygens (including phenoxy) is 5. The van der Waals surface area contributed by atoms with E-state index in [0.717, 1.165) is 51.7 Å². The maximum atomic E-state index is 13.7. The zero-order valence-electron chi connectivity index (χ0n) is 24.1. The molecule has 1 aromatic carbocycles. The van der Waals surface area contributed by atoms with Gasteiger partial charge in [-0.2, -0.15) is 13.2 Å². The predicted octanol–water partition coefficient (Wildman–Crippen LogP) is 1.89. The molecular formula is C27H29F3N4O10. The summed E-state index contributed by atoms with van der Waals surface area (Å²) >= 11 is 0. The van der Waals surface area contributed by atoms with Gasteiger partial charge in [0.05, 0.1) is 31.0 Å². The van der Waals surface area contributed by atoms with Crippen LogP contribution in [0.3, 0.4) is 0 Å². The maximum Gasteiger partial charge on any atom is 0.417 e. The molecule has 1 N–H and O–H groups in total. The second-order valence-electron chi connectivity index (χ2n) is 9.47. The molecule has 0 saturated heterocycles. The monoisotopic (exact) mass is 626 g/mol. The van der Waals surface area contributed by atoms with Crippen LogP contribution in [0.1, 0.15) is 39.3 Å². The number of methoxy groups -OCH3 is 1. The van der Waals surface area contributed by atoms with Crippen molar-refractivity contribution >= 4 is 29.8 Å². The molecule has 1 aliphatic rings. The van der Waals surface area contributed by atoms with Gasteiger partial charge in [0.2, 0.25) is 11.7 Å². The summed E-state index contributed by atoms with van der Waals surface area (Å²) in [5, 5.41) is 10.4. The van der Waals surface area contributed by atoms with Crippen molar-refractivity contribution in [2.24, 2.45) is 0 Å². The Morgan fingerprint density at radius 2 is 1.68 bits per heavy atom. The first-order valence-corrected chi connectivity index (χ1v) is 12.9. The van der Waals surface area contributed by atoms with Crippen molar-refractivity contribution in [2.75, 3.05) is 13.7 Å². The number of nitrogens with one attached hydrogen (secondary N) is 1. The van der Waals surface area contributed by atoms with Crippen molar-refractivity contribution in [2.45, 2.75) is 64.3 Å². The highest BCUT2D eigenvalue weighted by atomic mass is 19.4. The van der Waals surface area contributed by atoms with Crippen LogP contribution in [0.5, 0.6) is 0 Å². The number of amides is 1. The smallest absolute Gasteiger partial charge is 0.417 e. The van der Waals surface area contributed by atoms with E-state index >= 15 is 0 Å². The van der Waals surface area contributed by atoms with E-state index in [1.165, 1.54) is 24.3 Å². The van der Waals surface area contributed by atoms with Crippen LogP contribution in [0.15, 0.2) is 42.3 Å². The highest BCUT2D eigenvalue weighted by Gasteiger charge is 2.49. The Bertz CT molecular complexity index is 1440. The zero-order chi connectivity index (χ0) is 32.8. The number of carbonyl (C=O) groups excluding carboxylic acids is 5. The van der Waals surface area contributed by atoms with Crippen LogP contribution in [-0.4, -0.2) is 82.8 Å². The van der Waals surface area contributed by atoms with E-state index in [0.29, 0.717) is 0 Å². The van der Waals surface area contributed by atoms with E-state index in [1.54, 1.807) is 0 Å². The summed E-state index contributed by atoms with van der Waals surface area (Å²) in [5.41, 5.74) is -1.47. The highest BCUT2D eigenvalue weighted by Crippen LogP contribution is 2.37. The minimum absolute atomic E-state index is 0.195. The van der Waals surface area contributed by atoms with Gasteiger partial charge in [0.15, 0.2) is 18.3 Å². The average molecular weight is 627 g/mol. The summed E-state index contributed by atoms with van der Waals surface area (Å²) in [7, 11) is 1.05. The molecule has 0 saturated carbocycles. The Morgan fingerprint density at radius 3 is 2.25 bits per heavy atom. The third-order valence-corrected chi connectivity index (χ3v) is 6.15. The van der Waals surface area contributed by atoms with E-state index in [2.05, 4.69) is 15.6 Å². The maximum absolute atomic E-state index is 13.7. The van der Waals surface area contributed by atoms with Gasteiger partial charge in [-0.3, -0.25) is 19.2 Å². The minimum Gasteiger partial charge on any atom is -0.477 e. The molecule has 0 fully saturated rings. The van der Waals surface area contributed by atoms with Crippen molar-refractivity contribution in [3.8, 4) is 11.3 Å². The molecule has 1 amide bonds. The third-order valence-electron chi connectivity index (χ3n) is 6.15. The summed E-state index contributed by atoms with van der Waals surface area (Å²) < 4.78 is 68.5. The van der Waals surface area contributed by atoms with Gasteiger partial charge >= 0.3 is 30.1 Å². The molecule has 238 valence electrons. The van der Waals surface area contributed by atoms with Crippen LogP contribution in [0, 0.1) is 0 Å². The fourth-order valence-electron chi connectivity index (χ4n) is 4.50. The van der Waals surface area contributed by atoms with Crippen LogP contribution in [-0.2, 0) is 53.8 Å². The lowest BCUT2D eigenvalue weighted by molar-refractivity contribution is -0.188. The Morgan fingerprint density at radius 1 is 1.02 bits per heavy atom. The molecule has 0 aliphatic carbocycles. The van der Waals surface area contributed by atoms with Crippen molar-refractivity contribution in [1.29, 1.82) is 0 Å². The quantitative estimate of drug-likeness (QED) is 0.300. The molecule has 1 aliphatic heterocycles. The molecular weight excluding hydrogens is 597 g/mol. The first-order chi connectivity index (χ1) is 20.6. The van der Waals surface area contributed by atoms with E-state index in [1.807, 2.05) is 0 Å². The molecule has 1 aromatic heterocycles. The normalized spacial score (nSPS) is 19.4. The summed E-state index contributed by atoms with van der Waals surface area (Å²) in [6, 6.07) is 2.13. The highest BCUT2D eigenvalue weighted by molar-refractivity contribution is 5.86. The summed E-state index contributed by atoms with van der Waals surface area (Å²) in [6.07, 6.45) is -7.08. The summed E-state index contributed by atoms with van der Waals surface area (Å²) in [6.45, 7) is 3.66. The Hall–Kier alpha value is -4.96. The van der Waals surface area contributed by atoms with Gasteiger partial charge in [0.1, 0.15) is 12.3 Å². The molecule has 44 heavy (non-hydrogen) atoms. The number of hydrogen-bond donors (Lipinski definition) is 1. The Kier molecular flexibility index (Phi) is 10.7. The summed E-state index contributed by atoms with van der Waals surface area (Å²) in [5.74, 6) is -4.67. The van der Waals surface area contributed by atoms with Gasteiger partial charge in [0.25, 0.3) is 0 Å². The number of rotatable bonds is 10. The van der Waals surface area contributed by atoms with Crippen molar-refractivity contribution in [3.63, 3.8) is 0 Å². The molecule has 1 unspecified atom stereocenters. The lowest BCUT2D eigenvalue weighted by atomic mass is 9.91. The molecule has 5 atom stereocenters. The van der Waals surface area contributed by atoms with Gasteiger partial charge in [-0.15, -0.1) is 5.10 Å². The van der Waals surface area contributed by atoms with Gasteiger partial charge in [-0.05, 0) is 12.1 Å². The van der Waals surface area contributed by atoms with Crippen LogP contribution in [0.4, 0.5) is 13.2 Å². The van der Waals surface area contributed by atoms with E-state index in [4.69, 9.17) is 23.7 Å². The van der Waals surface area contributed by atoms with Crippen molar-refractivity contribution in [3.05, 3.63) is 47.9 Å². The predicted molar refractivity (Wildman–Crippen MR) is 140 cm³/mol. The Balaban J connectivity index is 2.20. The second-order valence-corrected chi connectivity index (χ2v) is 9.47. The standard InChI is InChI=1S/C27H29F3N4O10/c1-13(35)31-23-20(34-11-19(32-33-34)17-8-6-7-9-18(17)27(28,29)30)10-21(26(39)40-5)44-25(23)24(43-16(4)38)22(42-15(3)37)12-41-14(2)36/h6-11,20,22-25H,12H2,1-5H3,(H,31,35)/t20-,22?,23+,24+,25+/m0/s1. The van der Waals surface area contributed by atoms with Crippen LogP contribution >= 0.6 is 0 Å². The van der Waals surface area contributed by atoms with Crippen molar-refractivity contribution < 1.29 is 60.8 Å². The van der Waals surface area contributed by atoms with Crippen LogP contribution in [0.2, 0.25) is 0 Å². The minimum atomic E-state index is -4.72. The van der Waals surface area contributed by atoms with Gasteiger partial charge in [-0.25, -0.2) is 9.48 Å². The summed E-state index contributed by atoms with van der Waals surface area (Å²) in [4.78, 5) is 60.8. The number of esters is 4. The SMILES string of the molecule is COC(=O)C1=C[C@H](n2cc(-c3ccccc3C(F)(F)F)nn2)[C@@H](NC(C)=O)[C@H]([C@H](OC(C)=O)C(COC(C)=O)OC(C)=O)O1. The van der Waals surface area contributed by atoms with Gasteiger partial charge in [0, 0.05) is 33.3 Å². The number of benzene rings is 1. The van der Waals surface area contributed by atoms with E-state index < -0.39 is 84.3 Å². The average Bonchev–Trinajstić information content (AvgIpc) is 3.43. The second kappa shape index (κ2) is 14.0. The first-order valence-electron chi connectivity index (χ1n) is 12.9. The van der Waals surface area contributed by atoms with Gasteiger partial charge in [-0.1, -0.05) is 23.4 Å². The number of nitrogens with zero attached hydrogens (tertiary/aromatic N) is 3. The van der Waals surface area contributed by atoms with Gasteiger partial charge < -0.3 is 29.0 Å². The Labute approximate surface area is 248 Å². The topological polar surface area (TPSA) is 174 Å². The molecule has 2 aromatic rings. The van der Waals surface area contributed by atoms with E-state index in [-0.39, 0.29) is 11.3 Å². The molecule has 0 radical (unpaired) electrons. The molecule has 0 spiro atoms. The molecule has 3 rings (SSSR count). The zero-order valence-corrected chi connectivity index (χ0v) is 24.1. The van der Waals surface area contributed by atoms with Crippen molar-refractivity contribution in [1.82, 2.24) is 20.3 Å². The molecule has 2 heterocycles. The lowest BCUT2D eigenvalue weighted by Gasteiger charge is -2.41. The number of halogens is 3. The molecule has 17 heteroatoms. The van der Waals surface area contributed by atoms with E-state index in [9.17, 15) is 37.1 Å². The number of aromatic nitrogens is 3.